The summed E-state index contributed by atoms with van der Waals surface area (Å²) in [5, 5.41) is 3.35. The topological polar surface area (TPSA) is 55.4 Å². The van der Waals surface area contributed by atoms with Crippen molar-refractivity contribution in [2.24, 2.45) is 11.3 Å². The van der Waals surface area contributed by atoms with E-state index < -0.39 is 9.84 Å². The number of rotatable bonds is 2. The van der Waals surface area contributed by atoms with Crippen LogP contribution in [0.4, 0.5) is 0 Å². The van der Waals surface area contributed by atoms with Gasteiger partial charge in [-0.05, 0) is 18.8 Å². The molecule has 0 aromatic carbocycles. The number of nitrogens with one attached hydrogen (secondary N) is 1. The third-order valence-electron chi connectivity index (χ3n) is 3.36. The Labute approximate surface area is 97.7 Å². The molecule has 0 spiro atoms. The van der Waals surface area contributed by atoms with Crippen LogP contribution in [0.5, 0.6) is 0 Å². The highest BCUT2D eigenvalue weighted by Crippen LogP contribution is 2.26. The van der Waals surface area contributed by atoms with Crippen LogP contribution in [0.3, 0.4) is 0 Å². The lowest BCUT2D eigenvalue weighted by atomic mass is 9.92. The maximum Gasteiger partial charge on any atom is 0.150 e. The van der Waals surface area contributed by atoms with E-state index in [2.05, 4.69) is 19.2 Å². The molecule has 2 rings (SSSR count). The van der Waals surface area contributed by atoms with Crippen LogP contribution in [-0.4, -0.2) is 39.3 Å². The Morgan fingerprint density at radius 3 is 2.69 bits per heavy atom. The van der Waals surface area contributed by atoms with Crippen molar-refractivity contribution in [1.29, 1.82) is 0 Å². The molecule has 2 atom stereocenters. The van der Waals surface area contributed by atoms with Crippen molar-refractivity contribution < 1.29 is 13.2 Å². The van der Waals surface area contributed by atoms with Gasteiger partial charge in [-0.3, -0.25) is 5.32 Å². The van der Waals surface area contributed by atoms with E-state index in [4.69, 9.17) is 4.74 Å². The SMILES string of the molecule is CC1(C)CNC(CC2CCS(=O)(=O)C2)OC1. The predicted octanol–water partition coefficient (Wildman–Crippen LogP) is 0.783. The summed E-state index contributed by atoms with van der Waals surface area (Å²) < 4.78 is 28.4. The quantitative estimate of drug-likeness (QED) is 0.783. The third-order valence-corrected chi connectivity index (χ3v) is 5.19. The summed E-state index contributed by atoms with van der Waals surface area (Å²) in [5.74, 6) is 0.983. The third kappa shape index (κ3) is 3.18. The highest BCUT2D eigenvalue weighted by Gasteiger charge is 2.33. The fraction of sp³-hybridized carbons (Fsp3) is 1.00. The van der Waals surface area contributed by atoms with Gasteiger partial charge in [0.05, 0.1) is 18.1 Å². The second kappa shape index (κ2) is 4.27. The van der Waals surface area contributed by atoms with Gasteiger partial charge in [0.2, 0.25) is 0 Å². The second-order valence-electron chi connectivity index (χ2n) is 5.85. The molecule has 0 aromatic heterocycles. The van der Waals surface area contributed by atoms with Gasteiger partial charge in [0, 0.05) is 12.0 Å². The Bertz CT molecular complexity index is 340. The average molecular weight is 247 g/mol. The molecule has 1 N–H and O–H groups in total. The molecule has 94 valence electrons. The summed E-state index contributed by atoms with van der Waals surface area (Å²) in [5.41, 5.74) is 0.193. The normalized spacial score (nSPS) is 37.4. The van der Waals surface area contributed by atoms with E-state index in [-0.39, 0.29) is 17.6 Å². The fourth-order valence-electron chi connectivity index (χ4n) is 2.34. The molecule has 16 heavy (non-hydrogen) atoms. The summed E-state index contributed by atoms with van der Waals surface area (Å²) >= 11 is 0. The Morgan fingerprint density at radius 2 is 2.19 bits per heavy atom. The molecule has 0 amide bonds. The van der Waals surface area contributed by atoms with E-state index in [0.29, 0.717) is 11.5 Å². The highest BCUT2D eigenvalue weighted by molar-refractivity contribution is 7.91. The van der Waals surface area contributed by atoms with Gasteiger partial charge in [0.15, 0.2) is 9.84 Å². The minimum Gasteiger partial charge on any atom is -0.363 e. The average Bonchev–Trinajstić information content (AvgIpc) is 2.50. The Kier molecular flexibility index (Phi) is 3.29. The zero-order valence-corrected chi connectivity index (χ0v) is 10.8. The van der Waals surface area contributed by atoms with E-state index in [1.165, 1.54) is 0 Å². The predicted molar refractivity (Wildman–Crippen MR) is 62.9 cm³/mol. The summed E-state index contributed by atoms with van der Waals surface area (Å²) in [6.45, 7) is 6.02. The first-order valence-corrected chi connectivity index (χ1v) is 7.74. The molecule has 0 aliphatic carbocycles. The maximum absolute atomic E-state index is 11.3. The van der Waals surface area contributed by atoms with Crippen LogP contribution in [0, 0.1) is 11.3 Å². The van der Waals surface area contributed by atoms with Gasteiger partial charge in [-0.2, -0.15) is 0 Å². The fourth-order valence-corrected chi connectivity index (χ4v) is 4.22. The van der Waals surface area contributed by atoms with Crippen molar-refractivity contribution in [1.82, 2.24) is 5.32 Å². The zero-order valence-electron chi connectivity index (χ0n) is 10.0. The lowest BCUT2D eigenvalue weighted by molar-refractivity contribution is -0.0660. The molecule has 2 unspecified atom stereocenters. The van der Waals surface area contributed by atoms with Crippen LogP contribution in [0.2, 0.25) is 0 Å². The summed E-state index contributed by atoms with van der Waals surface area (Å²) in [7, 11) is -2.75. The zero-order chi connectivity index (χ0) is 11.8. The molecule has 2 saturated heterocycles. The van der Waals surface area contributed by atoms with E-state index in [9.17, 15) is 8.42 Å². The number of ether oxygens (including phenoxy) is 1. The van der Waals surface area contributed by atoms with Crippen molar-refractivity contribution in [2.45, 2.75) is 32.9 Å². The molecule has 2 fully saturated rings. The van der Waals surface area contributed by atoms with E-state index in [1.807, 2.05) is 0 Å². The lowest BCUT2D eigenvalue weighted by Gasteiger charge is -2.36. The van der Waals surface area contributed by atoms with Crippen molar-refractivity contribution >= 4 is 9.84 Å². The van der Waals surface area contributed by atoms with Crippen molar-refractivity contribution in [3.63, 3.8) is 0 Å². The summed E-state index contributed by atoms with van der Waals surface area (Å²) in [4.78, 5) is 0. The molecular weight excluding hydrogens is 226 g/mol. The molecule has 0 bridgehead atoms. The molecule has 0 aromatic rings. The number of sulfone groups is 1. The Hall–Kier alpha value is -0.130. The standard InChI is InChI=1S/C11H21NO3S/c1-11(2)7-12-10(15-8-11)5-9-3-4-16(13,14)6-9/h9-10,12H,3-8H2,1-2H3. The van der Waals surface area contributed by atoms with E-state index in [1.54, 1.807) is 0 Å². The first-order valence-electron chi connectivity index (χ1n) is 5.92. The second-order valence-corrected chi connectivity index (χ2v) is 8.08. The maximum atomic E-state index is 11.3. The van der Waals surface area contributed by atoms with E-state index in [0.717, 1.165) is 26.0 Å². The molecule has 5 heteroatoms. The molecule has 2 aliphatic rings. The molecule has 2 aliphatic heterocycles. The highest BCUT2D eigenvalue weighted by atomic mass is 32.2. The lowest BCUT2D eigenvalue weighted by Crippen LogP contribution is -2.48. The van der Waals surface area contributed by atoms with Gasteiger partial charge in [0.25, 0.3) is 0 Å². The van der Waals surface area contributed by atoms with Crippen LogP contribution < -0.4 is 5.32 Å². The number of hydrogen-bond acceptors (Lipinski definition) is 4. The van der Waals surface area contributed by atoms with Gasteiger partial charge in [-0.1, -0.05) is 13.8 Å². The Balaban J connectivity index is 1.80. The van der Waals surface area contributed by atoms with Crippen molar-refractivity contribution in [3.8, 4) is 0 Å². The minimum absolute atomic E-state index is 0.0475. The van der Waals surface area contributed by atoms with Gasteiger partial charge in [-0.15, -0.1) is 0 Å². The molecule has 4 nitrogen and oxygen atoms in total. The van der Waals surface area contributed by atoms with Crippen molar-refractivity contribution in [3.05, 3.63) is 0 Å². The Morgan fingerprint density at radius 1 is 1.44 bits per heavy atom. The molecule has 2 heterocycles. The van der Waals surface area contributed by atoms with Gasteiger partial charge >= 0.3 is 0 Å². The van der Waals surface area contributed by atoms with Gasteiger partial charge < -0.3 is 4.74 Å². The summed E-state index contributed by atoms with van der Waals surface area (Å²) in [6, 6.07) is 0. The van der Waals surface area contributed by atoms with Crippen molar-refractivity contribution in [2.75, 3.05) is 24.7 Å². The monoisotopic (exact) mass is 247 g/mol. The van der Waals surface area contributed by atoms with E-state index >= 15 is 0 Å². The molecule has 0 saturated carbocycles. The minimum atomic E-state index is -2.75. The van der Waals surface area contributed by atoms with Crippen LogP contribution in [0.25, 0.3) is 0 Å². The van der Waals surface area contributed by atoms with Crippen LogP contribution >= 0.6 is 0 Å². The first kappa shape index (κ1) is 12.3. The van der Waals surface area contributed by atoms with Crippen LogP contribution in [0.1, 0.15) is 26.7 Å². The largest absolute Gasteiger partial charge is 0.363 e. The van der Waals surface area contributed by atoms with Crippen LogP contribution in [-0.2, 0) is 14.6 Å². The first-order chi connectivity index (χ1) is 7.36. The molecule has 0 radical (unpaired) electrons. The number of hydrogen-bond donors (Lipinski definition) is 1. The van der Waals surface area contributed by atoms with Gasteiger partial charge in [-0.25, -0.2) is 8.42 Å². The van der Waals surface area contributed by atoms with Crippen LogP contribution in [0.15, 0.2) is 0 Å². The summed E-state index contributed by atoms with van der Waals surface area (Å²) in [6.07, 6.45) is 1.68. The smallest absolute Gasteiger partial charge is 0.150 e. The van der Waals surface area contributed by atoms with Gasteiger partial charge in [0.1, 0.15) is 6.23 Å². The molecular formula is C11H21NO3S.